The van der Waals surface area contributed by atoms with Crippen molar-refractivity contribution in [2.24, 2.45) is 0 Å². The molecule has 2 aromatic carbocycles. The molecule has 4 nitrogen and oxygen atoms in total. The van der Waals surface area contributed by atoms with Crippen LogP contribution in [0.4, 0.5) is 4.79 Å². The SMILES string of the molecule is COCC1=CC2CCC(C1)N2C(=O)OCC1c2ccccc2-c2ccccc21. The van der Waals surface area contributed by atoms with E-state index >= 15 is 0 Å². The molecule has 144 valence electrons. The van der Waals surface area contributed by atoms with Gasteiger partial charge in [-0.2, -0.15) is 0 Å². The van der Waals surface area contributed by atoms with Gasteiger partial charge in [0.15, 0.2) is 0 Å². The van der Waals surface area contributed by atoms with Crippen molar-refractivity contribution in [1.29, 1.82) is 0 Å². The van der Waals surface area contributed by atoms with Gasteiger partial charge >= 0.3 is 6.09 Å². The van der Waals surface area contributed by atoms with Gasteiger partial charge < -0.3 is 9.47 Å². The minimum Gasteiger partial charge on any atom is -0.448 e. The van der Waals surface area contributed by atoms with Gasteiger partial charge in [-0.3, -0.25) is 4.90 Å². The van der Waals surface area contributed by atoms with Gasteiger partial charge in [-0.1, -0.05) is 54.6 Å². The molecule has 5 rings (SSSR count). The maximum atomic E-state index is 12.9. The Labute approximate surface area is 165 Å². The molecule has 3 aliphatic rings. The van der Waals surface area contributed by atoms with E-state index in [-0.39, 0.29) is 24.1 Å². The fourth-order valence-electron chi connectivity index (χ4n) is 5.16. The molecule has 0 aromatic heterocycles. The van der Waals surface area contributed by atoms with E-state index in [0.29, 0.717) is 13.2 Å². The van der Waals surface area contributed by atoms with Gasteiger partial charge in [0.25, 0.3) is 0 Å². The van der Waals surface area contributed by atoms with Gasteiger partial charge in [-0.15, -0.1) is 0 Å². The van der Waals surface area contributed by atoms with E-state index in [9.17, 15) is 4.79 Å². The maximum Gasteiger partial charge on any atom is 0.410 e. The van der Waals surface area contributed by atoms with E-state index in [1.54, 1.807) is 7.11 Å². The number of carbonyl (C=O) groups excluding carboxylic acids is 1. The Morgan fingerprint density at radius 3 is 2.36 bits per heavy atom. The minimum atomic E-state index is -0.179. The molecule has 2 aliphatic heterocycles. The molecule has 2 atom stereocenters. The molecule has 2 aromatic rings. The molecule has 1 aliphatic carbocycles. The summed E-state index contributed by atoms with van der Waals surface area (Å²) in [5.41, 5.74) is 6.31. The largest absolute Gasteiger partial charge is 0.448 e. The number of benzene rings is 2. The van der Waals surface area contributed by atoms with Crippen LogP contribution in [0.5, 0.6) is 0 Å². The highest BCUT2D eigenvalue weighted by atomic mass is 16.6. The number of methoxy groups -OCH3 is 1. The molecule has 2 bridgehead atoms. The number of carbonyl (C=O) groups is 1. The van der Waals surface area contributed by atoms with Gasteiger partial charge in [0.1, 0.15) is 6.61 Å². The highest BCUT2D eigenvalue weighted by Gasteiger charge is 2.41. The number of nitrogens with zero attached hydrogens (tertiary/aromatic N) is 1. The number of ether oxygens (including phenoxy) is 2. The first-order valence-corrected chi connectivity index (χ1v) is 10.1. The van der Waals surface area contributed by atoms with Crippen molar-refractivity contribution < 1.29 is 14.3 Å². The van der Waals surface area contributed by atoms with Crippen LogP contribution in [-0.2, 0) is 9.47 Å². The fourth-order valence-corrected chi connectivity index (χ4v) is 5.16. The number of hydrogen-bond donors (Lipinski definition) is 0. The Kier molecular flexibility index (Phi) is 4.44. The van der Waals surface area contributed by atoms with Crippen LogP contribution in [-0.4, -0.2) is 43.4 Å². The number of rotatable bonds is 4. The van der Waals surface area contributed by atoms with Gasteiger partial charge in [-0.25, -0.2) is 4.79 Å². The molecule has 28 heavy (non-hydrogen) atoms. The number of hydrogen-bond acceptors (Lipinski definition) is 3. The Morgan fingerprint density at radius 1 is 1.04 bits per heavy atom. The summed E-state index contributed by atoms with van der Waals surface area (Å²) < 4.78 is 11.2. The van der Waals surface area contributed by atoms with Crippen molar-refractivity contribution in [1.82, 2.24) is 4.90 Å². The molecule has 1 saturated heterocycles. The molecule has 4 heteroatoms. The first-order chi connectivity index (χ1) is 13.8. The van der Waals surface area contributed by atoms with Crippen LogP contribution >= 0.6 is 0 Å². The van der Waals surface area contributed by atoms with Crippen molar-refractivity contribution >= 4 is 6.09 Å². The molecule has 0 saturated carbocycles. The van der Waals surface area contributed by atoms with Gasteiger partial charge in [-0.05, 0) is 47.1 Å². The molecule has 1 amide bonds. The maximum absolute atomic E-state index is 12.9. The molecule has 0 N–H and O–H groups in total. The van der Waals surface area contributed by atoms with E-state index < -0.39 is 0 Å². The molecule has 1 fully saturated rings. The predicted molar refractivity (Wildman–Crippen MR) is 108 cm³/mol. The third-order valence-electron chi connectivity index (χ3n) is 6.35. The second-order valence-corrected chi connectivity index (χ2v) is 7.97. The van der Waals surface area contributed by atoms with Crippen LogP contribution in [0.2, 0.25) is 0 Å². The van der Waals surface area contributed by atoms with Crippen molar-refractivity contribution in [2.45, 2.75) is 37.3 Å². The second kappa shape index (κ2) is 7.10. The van der Waals surface area contributed by atoms with E-state index in [2.05, 4.69) is 54.6 Å². The molecule has 0 spiro atoms. The van der Waals surface area contributed by atoms with Crippen LogP contribution < -0.4 is 0 Å². The van der Waals surface area contributed by atoms with E-state index in [1.807, 2.05) is 4.90 Å². The summed E-state index contributed by atoms with van der Waals surface area (Å²) in [5, 5.41) is 0. The van der Waals surface area contributed by atoms with Crippen LogP contribution in [0, 0.1) is 0 Å². The van der Waals surface area contributed by atoms with E-state index in [1.165, 1.54) is 27.8 Å². The lowest BCUT2D eigenvalue weighted by molar-refractivity contribution is 0.0835. The average molecular weight is 375 g/mol. The zero-order valence-corrected chi connectivity index (χ0v) is 16.1. The summed E-state index contributed by atoms with van der Waals surface area (Å²) in [7, 11) is 1.72. The summed E-state index contributed by atoms with van der Waals surface area (Å²) in [6, 6.07) is 17.3. The third kappa shape index (κ3) is 2.83. The van der Waals surface area contributed by atoms with Crippen molar-refractivity contribution in [2.75, 3.05) is 20.3 Å². The Bertz CT molecular complexity index is 889. The highest BCUT2D eigenvalue weighted by molar-refractivity contribution is 5.79. The lowest BCUT2D eigenvalue weighted by atomic mass is 9.98. The summed E-state index contributed by atoms with van der Waals surface area (Å²) >= 11 is 0. The van der Waals surface area contributed by atoms with E-state index in [4.69, 9.17) is 9.47 Å². The summed E-state index contributed by atoms with van der Waals surface area (Å²) in [4.78, 5) is 14.9. The smallest absolute Gasteiger partial charge is 0.410 e. The topological polar surface area (TPSA) is 38.8 Å². The van der Waals surface area contributed by atoms with Crippen LogP contribution in [0.25, 0.3) is 11.1 Å². The van der Waals surface area contributed by atoms with Crippen LogP contribution in [0.15, 0.2) is 60.2 Å². The standard InChI is InChI=1S/C24H25NO3/c1-27-14-16-12-17-10-11-18(13-16)25(17)24(26)28-15-23-21-8-4-2-6-19(21)20-7-3-5-9-22(20)23/h2-9,12,17-18,23H,10-11,13-15H2,1H3. The summed E-state index contributed by atoms with van der Waals surface area (Å²) in [6.45, 7) is 1.04. The summed E-state index contributed by atoms with van der Waals surface area (Å²) in [6.07, 6.45) is 4.98. The van der Waals surface area contributed by atoms with Crippen molar-refractivity contribution in [3.63, 3.8) is 0 Å². The predicted octanol–water partition coefficient (Wildman–Crippen LogP) is 4.75. The zero-order chi connectivity index (χ0) is 19.1. The highest BCUT2D eigenvalue weighted by Crippen LogP contribution is 2.44. The van der Waals surface area contributed by atoms with E-state index in [0.717, 1.165) is 19.3 Å². The van der Waals surface area contributed by atoms with Crippen LogP contribution in [0.1, 0.15) is 36.3 Å². The molecule has 2 unspecified atom stereocenters. The lowest BCUT2D eigenvalue weighted by Crippen LogP contribution is -2.44. The fraction of sp³-hybridized carbons (Fsp3) is 0.375. The Morgan fingerprint density at radius 2 is 1.71 bits per heavy atom. The van der Waals surface area contributed by atoms with Crippen molar-refractivity contribution in [3.8, 4) is 11.1 Å². The van der Waals surface area contributed by atoms with Crippen LogP contribution in [0.3, 0.4) is 0 Å². The first-order valence-electron chi connectivity index (χ1n) is 10.1. The van der Waals surface area contributed by atoms with Gasteiger partial charge in [0, 0.05) is 19.1 Å². The number of amides is 1. The zero-order valence-electron chi connectivity index (χ0n) is 16.1. The third-order valence-corrected chi connectivity index (χ3v) is 6.35. The monoisotopic (exact) mass is 375 g/mol. The molecular formula is C24H25NO3. The second-order valence-electron chi connectivity index (χ2n) is 7.97. The average Bonchev–Trinajstić information content (AvgIpc) is 3.18. The molecule has 2 heterocycles. The lowest BCUT2D eigenvalue weighted by Gasteiger charge is -2.33. The normalized spacial score (nSPS) is 22.6. The Hall–Kier alpha value is -2.59. The number of fused-ring (bicyclic) bond motifs is 5. The Balaban J connectivity index is 1.33. The molecule has 0 radical (unpaired) electrons. The van der Waals surface area contributed by atoms with Crippen molar-refractivity contribution in [3.05, 3.63) is 71.3 Å². The summed E-state index contributed by atoms with van der Waals surface area (Å²) in [5.74, 6) is 0.110. The minimum absolute atomic E-state index is 0.110. The molecular weight excluding hydrogens is 350 g/mol. The van der Waals surface area contributed by atoms with Gasteiger partial charge in [0.2, 0.25) is 0 Å². The first kappa shape index (κ1) is 17.5. The van der Waals surface area contributed by atoms with Gasteiger partial charge in [0.05, 0.1) is 12.6 Å². The quantitative estimate of drug-likeness (QED) is 0.724.